The Morgan fingerprint density at radius 2 is 1.74 bits per heavy atom. The van der Waals surface area contributed by atoms with E-state index in [9.17, 15) is 55.5 Å². The number of rotatable bonds is 7. The zero-order chi connectivity index (χ0) is 31.5. The van der Waals surface area contributed by atoms with Crippen molar-refractivity contribution in [2.24, 2.45) is 0 Å². The summed E-state index contributed by atoms with van der Waals surface area (Å²) in [6, 6.07) is 1.28. The van der Waals surface area contributed by atoms with Gasteiger partial charge in [-0.25, -0.2) is 26.6 Å². The van der Waals surface area contributed by atoms with Gasteiger partial charge in [0.25, 0.3) is 5.92 Å². The highest BCUT2D eigenvalue weighted by molar-refractivity contribution is 8.00. The summed E-state index contributed by atoms with van der Waals surface area (Å²) >= 11 is 0.326. The van der Waals surface area contributed by atoms with E-state index in [1.807, 2.05) is 0 Å². The molecule has 9 nitrogen and oxygen atoms in total. The van der Waals surface area contributed by atoms with Gasteiger partial charge < -0.3 is 25.2 Å². The average molecular weight is 643 g/mol. The number of hydrogen-bond donors (Lipinski definition) is 4. The highest BCUT2D eigenvalue weighted by Crippen LogP contribution is 2.58. The first-order valence-corrected chi connectivity index (χ1v) is 13.5. The number of thioether (sulfide) groups is 1. The average Bonchev–Trinajstić information content (AvgIpc) is 3.39. The van der Waals surface area contributed by atoms with Gasteiger partial charge in [0.05, 0.1) is 34.9 Å². The minimum absolute atomic E-state index is 0.236. The summed E-state index contributed by atoms with van der Waals surface area (Å²) in [5.74, 6) is -8.20. The lowest BCUT2D eigenvalue weighted by Gasteiger charge is -2.50. The molecule has 0 spiro atoms. The van der Waals surface area contributed by atoms with E-state index in [1.54, 1.807) is 0 Å². The summed E-state index contributed by atoms with van der Waals surface area (Å²) in [7, 11) is 0. The highest BCUT2D eigenvalue weighted by atomic mass is 32.2. The second kappa shape index (κ2) is 11.2. The van der Waals surface area contributed by atoms with Gasteiger partial charge in [-0.1, -0.05) is 5.21 Å². The molecule has 0 amide bonds. The maximum atomic E-state index is 13.9. The van der Waals surface area contributed by atoms with Crippen LogP contribution in [0.5, 0.6) is 0 Å². The second-order valence-electron chi connectivity index (χ2n) is 10.3. The summed E-state index contributed by atoms with van der Waals surface area (Å²) in [5, 5.41) is 48.6. The van der Waals surface area contributed by atoms with Crippen LogP contribution < -0.4 is 0 Å². The Bertz CT molecular complexity index is 1460. The number of aliphatic hydroxyl groups excluding tert-OH is 3. The van der Waals surface area contributed by atoms with E-state index in [4.69, 9.17) is 4.74 Å². The molecular weight excluding hydrogens is 620 g/mol. The van der Waals surface area contributed by atoms with Gasteiger partial charge in [-0.05, 0) is 24.3 Å². The standard InChI is InChI=1S/C25H22F8N4O5S/c26-12-4-10(5-13(27)16(12)28)14-6-37(36-35-14)18-19(39)15(7-38)42-22(20(18)40)43-21(23(41)8-24(29,30)9-23)17-11(25(31,32)33)2-1-3-34-17/h1-6,15,18-22,38-41H,7-9H2/t15-,18+,19+,20-,21-,22+/m1/s1. The molecule has 3 heterocycles. The third-order valence-electron chi connectivity index (χ3n) is 7.22. The smallest absolute Gasteiger partial charge is 0.394 e. The Morgan fingerprint density at radius 3 is 2.33 bits per heavy atom. The van der Waals surface area contributed by atoms with Gasteiger partial charge in [-0.3, -0.25) is 4.98 Å². The molecule has 234 valence electrons. The second-order valence-corrected chi connectivity index (χ2v) is 11.5. The first kappa shape index (κ1) is 31.5. The first-order valence-electron chi connectivity index (χ1n) is 12.5. The van der Waals surface area contributed by atoms with Crippen LogP contribution in [0.3, 0.4) is 0 Å². The molecule has 0 unspecified atom stereocenters. The Labute approximate surface area is 241 Å². The summed E-state index contributed by atoms with van der Waals surface area (Å²) in [4.78, 5) is 3.72. The molecule has 2 aromatic heterocycles. The van der Waals surface area contributed by atoms with E-state index < -0.39 is 101 Å². The zero-order valence-corrected chi connectivity index (χ0v) is 22.3. The number of aliphatic hydroxyl groups is 4. The largest absolute Gasteiger partial charge is 0.418 e. The highest BCUT2D eigenvalue weighted by Gasteiger charge is 2.62. The van der Waals surface area contributed by atoms with Gasteiger partial charge in [-0.2, -0.15) is 13.2 Å². The van der Waals surface area contributed by atoms with Crippen LogP contribution in [-0.4, -0.2) is 82.3 Å². The monoisotopic (exact) mass is 642 g/mol. The van der Waals surface area contributed by atoms with Crippen LogP contribution in [0.2, 0.25) is 0 Å². The molecule has 0 bridgehead atoms. The number of pyridine rings is 1. The van der Waals surface area contributed by atoms with Crippen molar-refractivity contribution in [2.45, 2.75) is 65.6 Å². The van der Waals surface area contributed by atoms with Crippen LogP contribution in [0.15, 0.2) is 36.7 Å². The van der Waals surface area contributed by atoms with Gasteiger partial charge in [0.15, 0.2) is 17.5 Å². The molecule has 1 saturated heterocycles. The van der Waals surface area contributed by atoms with Crippen LogP contribution in [0.4, 0.5) is 35.1 Å². The van der Waals surface area contributed by atoms with Crippen LogP contribution in [0.1, 0.15) is 35.4 Å². The topological polar surface area (TPSA) is 134 Å². The van der Waals surface area contributed by atoms with Gasteiger partial charge in [0, 0.05) is 24.6 Å². The van der Waals surface area contributed by atoms with Crippen molar-refractivity contribution in [1.82, 2.24) is 20.0 Å². The SMILES string of the molecule is OC[C@H]1O[C@@H](S[C@H](c2ncccc2C(F)(F)F)C2(O)CC(F)(F)C2)[C@H](O)[C@@H](n2cc(-c3cc(F)c(F)c(F)c3)nn2)[C@H]1O. The van der Waals surface area contributed by atoms with Crippen molar-refractivity contribution in [3.63, 3.8) is 0 Å². The summed E-state index contributed by atoms with van der Waals surface area (Å²) in [5.41, 5.74) is -6.74. The zero-order valence-electron chi connectivity index (χ0n) is 21.5. The molecule has 6 atom stereocenters. The Hall–Kier alpha value is -2.90. The summed E-state index contributed by atoms with van der Waals surface area (Å²) in [6.45, 7) is -0.887. The Kier molecular flexibility index (Phi) is 8.23. The third kappa shape index (κ3) is 5.95. The number of nitrogens with zero attached hydrogens (tertiary/aromatic N) is 4. The van der Waals surface area contributed by atoms with E-state index in [0.29, 0.717) is 30.0 Å². The van der Waals surface area contributed by atoms with Crippen molar-refractivity contribution in [2.75, 3.05) is 6.61 Å². The fourth-order valence-electron chi connectivity index (χ4n) is 5.23. The van der Waals surface area contributed by atoms with E-state index in [0.717, 1.165) is 23.1 Å². The van der Waals surface area contributed by atoms with Crippen LogP contribution in [0, 0.1) is 17.5 Å². The van der Waals surface area contributed by atoms with Crippen molar-refractivity contribution in [1.29, 1.82) is 0 Å². The molecule has 1 saturated carbocycles. The normalized spacial score (nSPS) is 27.5. The Morgan fingerprint density at radius 1 is 1.09 bits per heavy atom. The minimum atomic E-state index is -5.00. The lowest BCUT2D eigenvalue weighted by atomic mass is 9.73. The lowest BCUT2D eigenvalue weighted by molar-refractivity contribution is -0.207. The van der Waals surface area contributed by atoms with Crippen molar-refractivity contribution in [3.8, 4) is 11.3 Å². The first-order chi connectivity index (χ1) is 20.0. The number of aromatic nitrogens is 4. The third-order valence-corrected chi connectivity index (χ3v) is 8.82. The van der Waals surface area contributed by atoms with Gasteiger partial charge in [0.2, 0.25) is 0 Å². The van der Waals surface area contributed by atoms with Gasteiger partial charge >= 0.3 is 6.18 Å². The molecule has 1 aliphatic carbocycles. The molecule has 1 aromatic carbocycles. The molecule has 2 aliphatic rings. The van der Waals surface area contributed by atoms with E-state index in [2.05, 4.69) is 15.3 Å². The minimum Gasteiger partial charge on any atom is -0.394 e. The molecule has 4 N–H and O–H groups in total. The number of alkyl halides is 5. The van der Waals surface area contributed by atoms with Crippen LogP contribution >= 0.6 is 11.8 Å². The fourth-order valence-corrected chi connectivity index (χ4v) is 6.76. The predicted molar refractivity (Wildman–Crippen MR) is 131 cm³/mol. The van der Waals surface area contributed by atoms with Crippen molar-refractivity contribution < 1.29 is 60.3 Å². The number of halogens is 8. The van der Waals surface area contributed by atoms with Crippen LogP contribution in [0.25, 0.3) is 11.3 Å². The molecule has 0 radical (unpaired) electrons. The molecule has 5 rings (SSSR count). The quantitative estimate of drug-likeness (QED) is 0.226. The maximum absolute atomic E-state index is 13.9. The predicted octanol–water partition coefficient (Wildman–Crippen LogP) is 3.39. The summed E-state index contributed by atoms with van der Waals surface area (Å²) < 4.78 is 117. The molecule has 3 aromatic rings. The van der Waals surface area contributed by atoms with Crippen molar-refractivity contribution in [3.05, 3.63) is 65.4 Å². The molecule has 18 heteroatoms. The molecule has 43 heavy (non-hydrogen) atoms. The molecular formula is C25H22F8N4O5S. The van der Waals surface area contributed by atoms with Gasteiger partial charge in [-0.15, -0.1) is 16.9 Å². The van der Waals surface area contributed by atoms with Gasteiger partial charge in [0.1, 0.15) is 35.5 Å². The lowest BCUT2D eigenvalue weighted by Crippen LogP contribution is -2.58. The number of benzene rings is 1. The van der Waals surface area contributed by atoms with E-state index in [1.165, 1.54) is 0 Å². The van der Waals surface area contributed by atoms with Crippen molar-refractivity contribution >= 4 is 11.8 Å². The molecule has 1 aliphatic heterocycles. The summed E-state index contributed by atoms with van der Waals surface area (Å²) in [6.07, 6.45) is -10.6. The maximum Gasteiger partial charge on any atom is 0.418 e. The Balaban J connectivity index is 1.51. The van der Waals surface area contributed by atoms with E-state index >= 15 is 0 Å². The molecule has 2 fully saturated rings. The van der Waals surface area contributed by atoms with Crippen LogP contribution in [-0.2, 0) is 10.9 Å². The van der Waals surface area contributed by atoms with E-state index in [-0.39, 0.29) is 11.3 Å². The number of hydrogen-bond acceptors (Lipinski definition) is 9. The fraction of sp³-hybridized carbons (Fsp3) is 0.480. The number of ether oxygens (including phenoxy) is 1.